The molecule has 78 valence electrons. The van der Waals surface area contributed by atoms with Gasteiger partial charge >= 0.3 is 0 Å². The maximum Gasteiger partial charge on any atom is 0.124 e. The number of aliphatic hydroxyl groups is 1. The smallest absolute Gasteiger partial charge is 0.124 e. The third-order valence-electron chi connectivity index (χ3n) is 2.19. The molecule has 0 aliphatic carbocycles. The molecular weight excluding hydrogens is 200 g/mol. The molecule has 0 aromatic heterocycles. The highest BCUT2D eigenvalue weighted by Crippen LogP contribution is 2.31. The Hall–Kier alpha value is -0.730. The Morgan fingerprint density at radius 2 is 2.07 bits per heavy atom. The molecule has 2 nitrogen and oxygen atoms in total. The maximum absolute atomic E-state index is 9.06. The summed E-state index contributed by atoms with van der Waals surface area (Å²) in [7, 11) is 1.59. The van der Waals surface area contributed by atoms with Crippen molar-refractivity contribution in [1.29, 1.82) is 0 Å². The molecule has 1 rings (SSSR count). The second kappa shape index (κ2) is 4.67. The number of halogens is 1. The molecule has 0 saturated carbocycles. The number of methoxy groups -OCH3 is 1. The third-order valence-corrected chi connectivity index (χ3v) is 2.52. The van der Waals surface area contributed by atoms with Crippen molar-refractivity contribution in [3.63, 3.8) is 0 Å². The van der Waals surface area contributed by atoms with Crippen molar-refractivity contribution in [1.82, 2.24) is 0 Å². The molecule has 0 bridgehead atoms. The summed E-state index contributed by atoms with van der Waals surface area (Å²) >= 11 is 6.07. The van der Waals surface area contributed by atoms with Crippen molar-refractivity contribution in [3.05, 3.63) is 28.3 Å². The van der Waals surface area contributed by atoms with Gasteiger partial charge in [-0.1, -0.05) is 25.4 Å². The van der Waals surface area contributed by atoms with Crippen molar-refractivity contribution in [2.75, 3.05) is 7.11 Å². The molecule has 0 radical (unpaired) electrons. The summed E-state index contributed by atoms with van der Waals surface area (Å²) in [5.41, 5.74) is 1.77. The van der Waals surface area contributed by atoms with E-state index in [4.69, 9.17) is 21.4 Å². The lowest BCUT2D eigenvalue weighted by atomic mass is 10.0. The average Bonchev–Trinajstić information content (AvgIpc) is 2.16. The molecule has 0 heterocycles. The van der Waals surface area contributed by atoms with E-state index in [1.807, 2.05) is 6.07 Å². The van der Waals surface area contributed by atoms with Gasteiger partial charge in [-0.05, 0) is 23.6 Å². The van der Waals surface area contributed by atoms with E-state index in [-0.39, 0.29) is 6.61 Å². The number of rotatable bonds is 3. The number of ether oxygens (including phenoxy) is 1. The highest BCUT2D eigenvalue weighted by Gasteiger charge is 2.10. The van der Waals surface area contributed by atoms with Crippen molar-refractivity contribution in [2.45, 2.75) is 26.4 Å². The Balaban J connectivity index is 3.23. The average molecular weight is 215 g/mol. The summed E-state index contributed by atoms with van der Waals surface area (Å²) in [5.74, 6) is 1.05. The topological polar surface area (TPSA) is 29.5 Å². The molecule has 0 spiro atoms. The normalized spacial score (nSPS) is 10.7. The van der Waals surface area contributed by atoms with Crippen molar-refractivity contribution < 1.29 is 9.84 Å². The van der Waals surface area contributed by atoms with Gasteiger partial charge in [0.1, 0.15) is 5.75 Å². The fourth-order valence-electron chi connectivity index (χ4n) is 1.37. The summed E-state index contributed by atoms with van der Waals surface area (Å²) in [6, 6.07) is 3.65. The van der Waals surface area contributed by atoms with Crippen LogP contribution in [0.25, 0.3) is 0 Å². The first-order valence-electron chi connectivity index (χ1n) is 4.57. The molecule has 0 saturated heterocycles. The van der Waals surface area contributed by atoms with E-state index < -0.39 is 0 Å². The van der Waals surface area contributed by atoms with Gasteiger partial charge in [-0.15, -0.1) is 0 Å². The van der Waals surface area contributed by atoms with Crippen molar-refractivity contribution >= 4 is 11.6 Å². The monoisotopic (exact) mass is 214 g/mol. The second-order valence-electron chi connectivity index (χ2n) is 3.50. The fourth-order valence-corrected chi connectivity index (χ4v) is 1.77. The van der Waals surface area contributed by atoms with E-state index in [0.717, 1.165) is 11.1 Å². The predicted octanol–water partition coefficient (Wildman–Crippen LogP) is 2.96. The number of benzene rings is 1. The Kier molecular flexibility index (Phi) is 3.78. The molecule has 1 aromatic rings. The summed E-state index contributed by atoms with van der Waals surface area (Å²) in [6.07, 6.45) is 0. The van der Waals surface area contributed by atoms with E-state index in [9.17, 15) is 0 Å². The van der Waals surface area contributed by atoms with Gasteiger partial charge in [0, 0.05) is 10.6 Å². The molecule has 0 unspecified atom stereocenters. The van der Waals surface area contributed by atoms with E-state index in [2.05, 4.69) is 13.8 Å². The van der Waals surface area contributed by atoms with Crippen LogP contribution in [0.4, 0.5) is 0 Å². The zero-order valence-corrected chi connectivity index (χ0v) is 9.43. The summed E-state index contributed by atoms with van der Waals surface area (Å²) in [6.45, 7) is 4.08. The molecule has 0 aliphatic heterocycles. The SMILES string of the molecule is COc1cc(C(C)C)c(Cl)cc1CO. The Bertz CT molecular complexity index is 321. The highest BCUT2D eigenvalue weighted by atomic mass is 35.5. The molecule has 0 atom stereocenters. The molecule has 1 N–H and O–H groups in total. The van der Waals surface area contributed by atoms with Crippen LogP contribution in [-0.4, -0.2) is 12.2 Å². The standard InChI is InChI=1S/C11H15ClO2/c1-7(2)9-5-11(14-3)8(6-13)4-10(9)12/h4-5,7,13H,6H2,1-3H3. The largest absolute Gasteiger partial charge is 0.496 e. The van der Waals surface area contributed by atoms with Crippen molar-refractivity contribution in [2.24, 2.45) is 0 Å². The lowest BCUT2D eigenvalue weighted by Crippen LogP contribution is -1.96. The van der Waals surface area contributed by atoms with Gasteiger partial charge in [-0.3, -0.25) is 0 Å². The first kappa shape index (κ1) is 11.3. The van der Waals surface area contributed by atoms with Crippen LogP contribution in [0, 0.1) is 0 Å². The van der Waals surface area contributed by atoms with Gasteiger partial charge < -0.3 is 9.84 Å². The lowest BCUT2D eigenvalue weighted by molar-refractivity contribution is 0.273. The first-order chi connectivity index (χ1) is 6.60. The fraction of sp³-hybridized carbons (Fsp3) is 0.455. The van der Waals surface area contributed by atoms with Crippen LogP contribution >= 0.6 is 11.6 Å². The Morgan fingerprint density at radius 1 is 1.43 bits per heavy atom. The van der Waals surface area contributed by atoms with Crippen molar-refractivity contribution in [3.8, 4) is 5.75 Å². The van der Waals surface area contributed by atoms with E-state index in [1.165, 1.54) is 0 Å². The van der Waals surface area contributed by atoms with Crippen LogP contribution in [0.5, 0.6) is 5.75 Å². The second-order valence-corrected chi connectivity index (χ2v) is 3.91. The highest BCUT2D eigenvalue weighted by molar-refractivity contribution is 6.31. The molecule has 0 amide bonds. The van der Waals surface area contributed by atoms with Crippen LogP contribution in [0.15, 0.2) is 12.1 Å². The van der Waals surface area contributed by atoms with Gasteiger partial charge in [-0.2, -0.15) is 0 Å². The number of aliphatic hydroxyl groups excluding tert-OH is 1. The molecule has 3 heteroatoms. The van der Waals surface area contributed by atoms with Crippen LogP contribution < -0.4 is 4.74 Å². The van der Waals surface area contributed by atoms with Gasteiger partial charge in [0.15, 0.2) is 0 Å². The minimum Gasteiger partial charge on any atom is -0.496 e. The van der Waals surface area contributed by atoms with Crippen LogP contribution in [0.1, 0.15) is 30.9 Å². The number of hydrogen-bond donors (Lipinski definition) is 1. The van der Waals surface area contributed by atoms with Crippen LogP contribution in [0.3, 0.4) is 0 Å². The quantitative estimate of drug-likeness (QED) is 0.839. The van der Waals surface area contributed by atoms with Gasteiger partial charge in [0.2, 0.25) is 0 Å². The summed E-state index contributed by atoms with van der Waals surface area (Å²) in [5, 5.41) is 9.75. The molecule has 1 aromatic carbocycles. The predicted molar refractivity (Wildman–Crippen MR) is 58.0 cm³/mol. The van der Waals surface area contributed by atoms with E-state index in [0.29, 0.717) is 16.7 Å². The zero-order valence-electron chi connectivity index (χ0n) is 8.67. The molecule has 0 aliphatic rings. The van der Waals surface area contributed by atoms with Gasteiger partial charge in [0.25, 0.3) is 0 Å². The van der Waals surface area contributed by atoms with E-state index in [1.54, 1.807) is 13.2 Å². The minimum atomic E-state index is -0.0543. The third kappa shape index (κ3) is 2.20. The maximum atomic E-state index is 9.06. The summed E-state index contributed by atoms with van der Waals surface area (Å²) in [4.78, 5) is 0. The van der Waals surface area contributed by atoms with E-state index >= 15 is 0 Å². The molecular formula is C11H15ClO2. The van der Waals surface area contributed by atoms with Gasteiger partial charge in [0.05, 0.1) is 13.7 Å². The van der Waals surface area contributed by atoms with Crippen LogP contribution in [-0.2, 0) is 6.61 Å². The Labute approximate surface area is 89.5 Å². The molecule has 14 heavy (non-hydrogen) atoms. The zero-order chi connectivity index (χ0) is 10.7. The number of hydrogen-bond acceptors (Lipinski definition) is 2. The first-order valence-corrected chi connectivity index (χ1v) is 4.95. The lowest BCUT2D eigenvalue weighted by Gasteiger charge is -2.13. The minimum absolute atomic E-state index is 0.0543. The Morgan fingerprint density at radius 3 is 2.50 bits per heavy atom. The van der Waals surface area contributed by atoms with Gasteiger partial charge in [-0.25, -0.2) is 0 Å². The molecule has 0 fully saturated rings. The summed E-state index contributed by atoms with van der Waals surface area (Å²) < 4.78 is 5.16. The van der Waals surface area contributed by atoms with Crippen LogP contribution in [0.2, 0.25) is 5.02 Å².